The highest BCUT2D eigenvalue weighted by Gasteiger charge is 2.07. The Balaban J connectivity index is 0.000000241. The normalized spacial score (nSPS) is 10.2. The van der Waals surface area contributed by atoms with Gasteiger partial charge in [-0.1, -0.05) is 31.0 Å². The molecule has 4 N–H and O–H groups in total. The van der Waals surface area contributed by atoms with Gasteiger partial charge in [0.05, 0.1) is 0 Å². The Bertz CT molecular complexity index is 415. The summed E-state index contributed by atoms with van der Waals surface area (Å²) in [7, 11) is 0. The monoisotopic (exact) mass is 264 g/mol. The highest BCUT2D eigenvalue weighted by molar-refractivity contribution is 5.80. The molecule has 5 nitrogen and oxygen atoms in total. The Morgan fingerprint density at radius 1 is 1.05 bits per heavy atom. The molecular formula is C14H20N2O3. The van der Waals surface area contributed by atoms with Gasteiger partial charge < -0.3 is 5.73 Å². The number of unbranched alkanes of at least 4 members (excludes halogenated alkanes) is 3. The Kier molecular flexibility index (Phi) is 6.60. The van der Waals surface area contributed by atoms with Crippen LogP contribution in [0.4, 0.5) is 0 Å². The zero-order chi connectivity index (χ0) is 14.1. The Labute approximate surface area is 112 Å². The van der Waals surface area contributed by atoms with Gasteiger partial charge in [0, 0.05) is 12.8 Å². The number of hydrogen-bond donors (Lipinski definition) is 3. The van der Waals surface area contributed by atoms with Crippen molar-refractivity contribution in [1.82, 2.24) is 5.48 Å². The zero-order valence-corrected chi connectivity index (χ0v) is 10.9. The maximum Gasteiger partial charge on any atom is 0.243 e. The molecule has 0 spiro atoms. The lowest BCUT2D eigenvalue weighted by atomic mass is 10.1. The van der Waals surface area contributed by atoms with Crippen LogP contribution in [-0.4, -0.2) is 17.0 Å². The minimum absolute atomic E-state index is 0.284. The lowest BCUT2D eigenvalue weighted by molar-refractivity contribution is -0.129. The molecule has 2 amide bonds. The number of benzene rings is 1. The third-order valence-electron chi connectivity index (χ3n) is 2.81. The first kappa shape index (κ1) is 15.2. The molecule has 0 bridgehead atoms. The second-order valence-corrected chi connectivity index (χ2v) is 4.50. The first-order valence-corrected chi connectivity index (χ1v) is 6.45. The first-order chi connectivity index (χ1) is 9.13. The summed E-state index contributed by atoms with van der Waals surface area (Å²) in [5.41, 5.74) is 9.35. The molecule has 0 atom stereocenters. The largest absolute Gasteiger partial charge is 0.370 e. The van der Waals surface area contributed by atoms with Gasteiger partial charge in [0.2, 0.25) is 11.8 Å². The van der Waals surface area contributed by atoms with E-state index in [4.69, 9.17) is 10.9 Å². The Hall–Kier alpha value is -1.88. The zero-order valence-electron chi connectivity index (χ0n) is 10.9. The fourth-order valence-corrected chi connectivity index (χ4v) is 1.67. The molecule has 2 rings (SSSR count). The summed E-state index contributed by atoms with van der Waals surface area (Å²) >= 11 is 0. The standard InChI is InChI=1S/C8H16N2O3.C6H4/c9-7(11)5-3-1-2-4-6-8(12)10-13;1-2-5-4-6(5)3-1/h13H,1-6H2,(H2,9,11)(H,10,12);1-4H. The second kappa shape index (κ2) is 8.26. The molecule has 2 aliphatic carbocycles. The van der Waals surface area contributed by atoms with E-state index in [9.17, 15) is 9.59 Å². The fraction of sp³-hybridized carbons (Fsp3) is 0.429. The number of nitrogens with two attached hydrogens (primary N) is 1. The van der Waals surface area contributed by atoms with Gasteiger partial charge in [0.1, 0.15) is 0 Å². The van der Waals surface area contributed by atoms with E-state index in [1.807, 2.05) is 0 Å². The van der Waals surface area contributed by atoms with E-state index < -0.39 is 0 Å². The van der Waals surface area contributed by atoms with Crippen molar-refractivity contribution in [2.75, 3.05) is 0 Å². The van der Waals surface area contributed by atoms with Crippen LogP contribution in [0.15, 0.2) is 24.3 Å². The van der Waals surface area contributed by atoms with Crippen molar-refractivity contribution < 1.29 is 14.8 Å². The summed E-state index contributed by atoms with van der Waals surface area (Å²) in [6.07, 6.45) is 4.00. The molecule has 0 unspecified atom stereocenters. The van der Waals surface area contributed by atoms with Crippen molar-refractivity contribution in [3.05, 3.63) is 24.3 Å². The van der Waals surface area contributed by atoms with Crippen molar-refractivity contribution in [2.24, 2.45) is 5.73 Å². The van der Waals surface area contributed by atoms with Gasteiger partial charge in [0.25, 0.3) is 0 Å². The smallest absolute Gasteiger partial charge is 0.243 e. The molecule has 0 aromatic carbocycles. The van der Waals surface area contributed by atoms with Crippen LogP contribution in [0.5, 0.6) is 0 Å². The summed E-state index contributed by atoms with van der Waals surface area (Å²) < 4.78 is 0. The number of hydrogen-bond acceptors (Lipinski definition) is 3. The van der Waals surface area contributed by atoms with Crippen molar-refractivity contribution in [3.8, 4) is 11.1 Å². The van der Waals surface area contributed by atoms with Gasteiger partial charge in [-0.05, 0) is 30.0 Å². The SMILES string of the molecule is NC(=O)CCCCCCC(=O)NO.c1cc2cc-2c1. The minimum atomic E-state index is -0.366. The van der Waals surface area contributed by atoms with Crippen LogP contribution in [0, 0.1) is 0 Å². The van der Waals surface area contributed by atoms with Crippen molar-refractivity contribution in [1.29, 1.82) is 0 Å². The molecule has 0 aromatic heterocycles. The number of nitrogens with one attached hydrogen (secondary N) is 1. The van der Waals surface area contributed by atoms with E-state index >= 15 is 0 Å². The summed E-state index contributed by atoms with van der Waals surface area (Å²) in [6.45, 7) is 0. The van der Waals surface area contributed by atoms with Crippen LogP contribution >= 0.6 is 0 Å². The molecule has 0 saturated carbocycles. The third kappa shape index (κ3) is 7.21. The topological polar surface area (TPSA) is 92.4 Å². The summed E-state index contributed by atoms with van der Waals surface area (Å²) in [6, 6.07) is 8.48. The average Bonchev–Trinajstić information content (AvgIpc) is 3.00. The number of rotatable bonds is 7. The number of carbonyl (C=O) groups is 2. The van der Waals surface area contributed by atoms with Crippen LogP contribution in [0.25, 0.3) is 11.1 Å². The van der Waals surface area contributed by atoms with Crippen molar-refractivity contribution in [2.45, 2.75) is 38.5 Å². The van der Waals surface area contributed by atoms with Crippen LogP contribution in [0.1, 0.15) is 38.5 Å². The number of amides is 2. The lowest BCUT2D eigenvalue weighted by Gasteiger charge is -1.98. The molecule has 0 aromatic rings. The van der Waals surface area contributed by atoms with E-state index in [-0.39, 0.29) is 11.8 Å². The van der Waals surface area contributed by atoms with Crippen molar-refractivity contribution >= 4 is 11.8 Å². The van der Waals surface area contributed by atoms with Crippen molar-refractivity contribution in [3.63, 3.8) is 0 Å². The highest BCUT2D eigenvalue weighted by atomic mass is 16.5. The van der Waals surface area contributed by atoms with E-state index in [0.717, 1.165) is 25.7 Å². The summed E-state index contributed by atoms with van der Waals surface area (Å²) in [5, 5.41) is 8.15. The Morgan fingerprint density at radius 3 is 2.00 bits per heavy atom. The van der Waals surface area contributed by atoms with Gasteiger partial charge in [-0.3, -0.25) is 14.8 Å². The van der Waals surface area contributed by atoms with Gasteiger partial charge >= 0.3 is 0 Å². The van der Waals surface area contributed by atoms with Gasteiger partial charge in [-0.2, -0.15) is 0 Å². The number of primary amides is 1. The van der Waals surface area contributed by atoms with E-state index in [1.165, 1.54) is 11.1 Å². The predicted molar refractivity (Wildman–Crippen MR) is 72.3 cm³/mol. The maximum atomic E-state index is 10.5. The third-order valence-corrected chi connectivity index (χ3v) is 2.81. The lowest BCUT2D eigenvalue weighted by Crippen LogP contribution is -2.17. The number of fused-ring (bicyclic) bond motifs is 1. The van der Waals surface area contributed by atoms with E-state index in [2.05, 4.69) is 24.3 Å². The summed E-state index contributed by atoms with van der Waals surface area (Å²) in [4.78, 5) is 20.8. The first-order valence-electron chi connectivity index (χ1n) is 6.45. The average molecular weight is 264 g/mol. The van der Waals surface area contributed by atoms with Crippen LogP contribution in [-0.2, 0) is 9.59 Å². The molecule has 0 heterocycles. The second-order valence-electron chi connectivity index (χ2n) is 4.50. The van der Waals surface area contributed by atoms with E-state index in [0.29, 0.717) is 12.8 Å². The molecule has 0 radical (unpaired) electrons. The molecule has 2 aliphatic rings. The molecule has 0 fully saturated rings. The maximum absolute atomic E-state index is 10.5. The highest BCUT2D eigenvalue weighted by Crippen LogP contribution is 2.32. The predicted octanol–water partition coefficient (Wildman–Crippen LogP) is 1.98. The van der Waals surface area contributed by atoms with Crippen LogP contribution < -0.4 is 11.2 Å². The molecule has 19 heavy (non-hydrogen) atoms. The molecule has 0 saturated heterocycles. The summed E-state index contributed by atoms with van der Waals surface area (Å²) in [5.74, 6) is -0.650. The molecular weight excluding hydrogens is 244 g/mol. The quantitative estimate of drug-likeness (QED) is 0.405. The molecule has 104 valence electrons. The van der Waals surface area contributed by atoms with Crippen LogP contribution in [0.2, 0.25) is 0 Å². The minimum Gasteiger partial charge on any atom is -0.370 e. The van der Waals surface area contributed by atoms with Gasteiger partial charge in [0.15, 0.2) is 0 Å². The van der Waals surface area contributed by atoms with Crippen LogP contribution in [0.3, 0.4) is 0 Å². The van der Waals surface area contributed by atoms with E-state index in [1.54, 1.807) is 5.48 Å². The van der Waals surface area contributed by atoms with Gasteiger partial charge in [-0.15, -0.1) is 0 Å². The molecule has 0 aliphatic heterocycles. The molecule has 5 heteroatoms. The Morgan fingerprint density at radius 2 is 1.63 bits per heavy atom. The van der Waals surface area contributed by atoms with Gasteiger partial charge in [-0.25, -0.2) is 5.48 Å². The number of hydroxylamine groups is 1. The fourth-order valence-electron chi connectivity index (χ4n) is 1.67. The number of carbonyl (C=O) groups excluding carboxylic acids is 2.